The Kier molecular flexibility index (Phi) is 28.8. The van der Waals surface area contributed by atoms with E-state index in [0.717, 1.165) is 206 Å². The molecule has 6 fully saturated rings. The standard InChI is InChI=1S/C22H28N6O2.C21H27N5O3.C16H19N5O.C11H19NO4.C10H12N4O.C6H10ClNO/c1-15-18-14-17(6-7-19(18)26(2)24-15)20-23-21(30-25-20)16-8-12-28(13-9-16)22(29)27-10-4-3-5-11-27;1-13-16-12-15(6-7-17(16)25(5)23-13)18-22-19(29-24-18)14-8-10-26(11-9-14)20(27)28-21(2,3)4;1-10-13-9-12(3-4-14(13)21(2)19-10)15-18-16(22-20-15)11-5-7-17-8-6-11;1-11(2,3)16-10(15)12-6-4-8(5-7-12)9(13)14;1-6-8-5-7(10(11)13-15)3-4-9(8)14(2)12-6;7-6(9)8-4-2-1-3-5-8/h6-7,14,16H,3-5,8-13H2,1-2H3;6-7,12,14H,8-11H2,1-5H3;3-4,9,11,17H,5-8H2,1-2H3;8H,4-7H2,1-3H3,(H,13,14);3-5,15H,1-2H3,(H2,11,13);1-5H2. The molecule has 0 bridgehead atoms. The van der Waals surface area contributed by atoms with Crippen molar-refractivity contribution in [1.82, 2.24) is 99.4 Å². The van der Waals surface area contributed by atoms with E-state index in [-0.39, 0.29) is 47.2 Å². The largest absolute Gasteiger partial charge is 0.481 e. The Balaban J connectivity index is 0.000000138. The smallest absolute Gasteiger partial charge is 0.410 e. The molecule has 5 N–H and O–H groups in total. The maximum absolute atomic E-state index is 12.7. The van der Waals surface area contributed by atoms with Gasteiger partial charge in [0.05, 0.1) is 50.8 Å². The van der Waals surface area contributed by atoms with Crippen LogP contribution in [0.25, 0.3) is 77.8 Å². The minimum absolute atomic E-state index is 0.111. The Morgan fingerprint density at radius 3 is 1.12 bits per heavy atom. The number of rotatable bonds is 8. The van der Waals surface area contributed by atoms with E-state index in [9.17, 15) is 24.0 Å². The molecular formula is C86H115ClN22O12. The van der Waals surface area contributed by atoms with Crippen LogP contribution in [0.2, 0.25) is 0 Å². The van der Waals surface area contributed by atoms with Gasteiger partial charge in [0.2, 0.25) is 35.1 Å². The third-order valence-electron chi connectivity index (χ3n) is 22.7. The first-order chi connectivity index (χ1) is 57.8. The molecule has 121 heavy (non-hydrogen) atoms. The molecule has 6 aliphatic rings. The lowest BCUT2D eigenvalue weighted by Crippen LogP contribution is -2.48. The number of oxime groups is 1. The first-order valence-electron chi connectivity index (χ1n) is 41.9. The number of urea groups is 1. The predicted molar refractivity (Wildman–Crippen MR) is 458 cm³/mol. The quantitative estimate of drug-likeness (QED) is 0.0274. The summed E-state index contributed by atoms with van der Waals surface area (Å²) in [5.74, 6) is 3.69. The van der Waals surface area contributed by atoms with Gasteiger partial charge in [0, 0.05) is 155 Å². The molecule has 13 heterocycles. The van der Waals surface area contributed by atoms with Gasteiger partial charge in [-0.05, 0) is 257 Å². The van der Waals surface area contributed by atoms with Crippen molar-refractivity contribution >= 4 is 90.6 Å². The minimum atomic E-state index is -0.774. The number of carbonyl (C=O) groups excluding carboxylic acids is 4. The number of nitrogens with two attached hydrogens (primary N) is 1. The van der Waals surface area contributed by atoms with E-state index in [0.29, 0.717) is 79.8 Å². The molecule has 6 saturated heterocycles. The first kappa shape index (κ1) is 88.7. The molecule has 0 atom stereocenters. The highest BCUT2D eigenvalue weighted by molar-refractivity contribution is 6.62. The molecule has 34 nitrogen and oxygen atoms in total. The van der Waals surface area contributed by atoms with Crippen LogP contribution >= 0.6 is 11.6 Å². The van der Waals surface area contributed by atoms with Crippen LogP contribution in [0.3, 0.4) is 0 Å². The molecule has 0 spiro atoms. The average molecular weight is 1680 g/mol. The number of piperidine rings is 6. The SMILES string of the molecule is CC(C)(C)OC(=O)N1CCC(C(=O)O)CC1.Cc1nn(C)c2ccc(-c3noc(C4CCN(C(=O)N5CCCCC5)CC4)n3)cc12.Cc1nn(C)c2ccc(-c3noc(C4CCN(C(=O)OC(C)(C)C)CC4)n3)cc12.Cc1nn(C)c2ccc(-c3noc(C4CCNCC4)n3)cc12.Cc1nn(C)c2ccc(/C(N)=N/O)cc12.O=C(Cl)N1CCCCC1. The Labute approximate surface area is 708 Å². The second-order valence-electron chi connectivity index (χ2n) is 33.9. The summed E-state index contributed by atoms with van der Waals surface area (Å²) in [6, 6.07) is 24.2. The van der Waals surface area contributed by atoms with Crippen molar-refractivity contribution in [2.75, 3.05) is 78.5 Å². The van der Waals surface area contributed by atoms with Crippen LogP contribution in [0.15, 0.2) is 91.5 Å². The van der Waals surface area contributed by atoms with Gasteiger partial charge in [-0.3, -0.25) is 28.3 Å². The van der Waals surface area contributed by atoms with Gasteiger partial charge in [0.25, 0.3) is 0 Å². The molecule has 0 radical (unpaired) electrons. The Morgan fingerprint density at radius 2 is 0.777 bits per heavy atom. The average Bonchev–Trinajstić information content (AvgIpc) is 1.73. The molecule has 11 aromatic rings. The van der Waals surface area contributed by atoms with Crippen molar-refractivity contribution in [3.05, 3.63) is 119 Å². The lowest BCUT2D eigenvalue weighted by atomic mass is 9.97. The molecule has 7 aromatic heterocycles. The van der Waals surface area contributed by atoms with Crippen LogP contribution in [0.1, 0.15) is 195 Å². The Hall–Kier alpha value is -11.6. The van der Waals surface area contributed by atoms with E-state index in [4.69, 9.17) is 50.7 Å². The van der Waals surface area contributed by atoms with Crippen molar-refractivity contribution < 1.29 is 57.3 Å². The molecule has 4 aromatic carbocycles. The number of aromatic nitrogens is 14. The molecule has 0 saturated carbocycles. The molecule has 648 valence electrons. The number of ether oxygens (including phenoxy) is 2. The molecule has 5 amide bonds. The summed E-state index contributed by atoms with van der Waals surface area (Å²) in [6.07, 6.45) is 12.7. The van der Waals surface area contributed by atoms with E-state index in [2.05, 4.69) is 85.6 Å². The van der Waals surface area contributed by atoms with E-state index in [1.54, 1.807) is 25.4 Å². The van der Waals surface area contributed by atoms with E-state index in [1.165, 1.54) is 12.8 Å². The number of carboxylic acids is 1. The zero-order valence-electron chi connectivity index (χ0n) is 72.0. The fourth-order valence-corrected chi connectivity index (χ4v) is 16.1. The van der Waals surface area contributed by atoms with Gasteiger partial charge in [0.1, 0.15) is 11.2 Å². The lowest BCUT2D eigenvalue weighted by Gasteiger charge is -2.36. The molecule has 35 heteroatoms. The number of nitrogens with one attached hydrogen (secondary N) is 1. The van der Waals surface area contributed by atoms with Gasteiger partial charge in [-0.1, -0.05) is 20.6 Å². The van der Waals surface area contributed by atoms with Crippen molar-refractivity contribution in [2.24, 2.45) is 45.0 Å². The second-order valence-corrected chi connectivity index (χ2v) is 34.2. The van der Waals surface area contributed by atoms with Crippen LogP contribution in [0.4, 0.5) is 19.2 Å². The number of likely N-dealkylation sites (tertiary alicyclic amines) is 5. The fourth-order valence-electron chi connectivity index (χ4n) is 16.0. The van der Waals surface area contributed by atoms with Gasteiger partial charge in [-0.2, -0.15) is 35.3 Å². The summed E-state index contributed by atoms with van der Waals surface area (Å²) >= 11 is 5.24. The van der Waals surface area contributed by atoms with E-state index < -0.39 is 17.2 Å². The van der Waals surface area contributed by atoms with E-state index in [1.807, 2.05) is 164 Å². The lowest BCUT2D eigenvalue weighted by molar-refractivity contribution is -0.143. The van der Waals surface area contributed by atoms with Gasteiger partial charge in [-0.25, -0.2) is 14.4 Å². The highest BCUT2D eigenvalue weighted by Crippen LogP contribution is 2.35. The number of carboxylic acid groups (broad SMARTS) is 1. The van der Waals surface area contributed by atoms with Gasteiger partial charge >= 0.3 is 29.6 Å². The minimum Gasteiger partial charge on any atom is -0.481 e. The molecular weight excluding hydrogens is 1570 g/mol. The Bertz CT molecular complexity index is 5430. The number of carbonyl (C=O) groups is 5. The summed E-state index contributed by atoms with van der Waals surface area (Å²) in [6.45, 7) is 28.2. The molecule has 17 rings (SSSR count). The number of amides is 5. The monoisotopic (exact) mass is 1680 g/mol. The highest BCUT2D eigenvalue weighted by atomic mass is 35.5. The summed E-state index contributed by atoms with van der Waals surface area (Å²) in [4.78, 5) is 80.7. The number of nitrogens with zero attached hydrogens (tertiary/aromatic N) is 20. The zero-order valence-corrected chi connectivity index (χ0v) is 72.8. The number of hydrogen-bond donors (Lipinski definition) is 4. The third kappa shape index (κ3) is 22.5. The van der Waals surface area contributed by atoms with Crippen molar-refractivity contribution in [1.29, 1.82) is 0 Å². The Morgan fingerprint density at radius 1 is 0.455 bits per heavy atom. The number of hydrogen-bond acceptors (Lipinski definition) is 23. The number of benzene rings is 4. The van der Waals surface area contributed by atoms with E-state index >= 15 is 0 Å². The van der Waals surface area contributed by atoms with Gasteiger partial charge in [0.15, 0.2) is 5.84 Å². The molecule has 6 aliphatic heterocycles. The van der Waals surface area contributed by atoms with Gasteiger partial charge < -0.3 is 68.9 Å². The van der Waals surface area contributed by atoms with Crippen LogP contribution in [0.5, 0.6) is 0 Å². The second kappa shape index (κ2) is 39.3. The van der Waals surface area contributed by atoms with Crippen molar-refractivity contribution in [3.63, 3.8) is 0 Å². The summed E-state index contributed by atoms with van der Waals surface area (Å²) in [5.41, 5.74) is 16.3. The van der Waals surface area contributed by atoms with Gasteiger partial charge in [-0.15, -0.1) is 0 Å². The number of aryl methyl sites for hydroxylation is 8. The summed E-state index contributed by atoms with van der Waals surface area (Å²) < 4.78 is 34.8. The number of amidine groups is 1. The highest BCUT2D eigenvalue weighted by Gasteiger charge is 2.34. The van der Waals surface area contributed by atoms with Crippen LogP contribution in [-0.4, -0.2) is 229 Å². The van der Waals surface area contributed by atoms with Crippen LogP contribution < -0.4 is 11.1 Å². The normalized spacial score (nSPS) is 16.8. The third-order valence-corrected chi connectivity index (χ3v) is 22.9. The number of fused-ring (bicyclic) bond motifs is 4. The van der Waals surface area contributed by atoms with Crippen LogP contribution in [0, 0.1) is 33.6 Å². The first-order valence-corrected chi connectivity index (χ1v) is 42.3. The maximum atomic E-state index is 12.7. The topological polar surface area (TPSA) is 399 Å². The molecule has 0 aliphatic carbocycles. The number of halogens is 1. The molecule has 0 unspecified atom stereocenters. The fraction of sp³-hybridized carbons (Fsp3) is 0.535. The zero-order chi connectivity index (χ0) is 86.6. The maximum Gasteiger partial charge on any atom is 0.410 e. The van der Waals surface area contributed by atoms with Crippen molar-refractivity contribution in [2.45, 2.75) is 188 Å². The summed E-state index contributed by atoms with van der Waals surface area (Å²) in [7, 11) is 7.73. The predicted octanol–water partition coefficient (Wildman–Crippen LogP) is 14.7. The van der Waals surface area contributed by atoms with Crippen LogP contribution in [-0.2, 0) is 42.5 Å². The summed E-state index contributed by atoms with van der Waals surface area (Å²) in [5, 5.41) is 58.0. The number of aliphatic carboxylic acids is 1. The van der Waals surface area contributed by atoms with Crippen molar-refractivity contribution in [3.8, 4) is 34.2 Å².